The van der Waals surface area contributed by atoms with Crippen LogP contribution >= 0.6 is 22.7 Å². The molecule has 0 radical (unpaired) electrons. The number of nitrogens with zero attached hydrogens (tertiary/aromatic N) is 1. The van der Waals surface area contributed by atoms with Gasteiger partial charge in [-0.2, -0.15) is 0 Å². The maximum absolute atomic E-state index is 12.2. The minimum absolute atomic E-state index is 0.0761. The molecular weight excluding hydrogens is 290 g/mol. The lowest BCUT2D eigenvalue weighted by Crippen LogP contribution is -2.28. The van der Waals surface area contributed by atoms with Crippen LogP contribution in [0, 0.1) is 0 Å². The topological polar surface area (TPSA) is 68.0 Å². The van der Waals surface area contributed by atoms with Gasteiger partial charge < -0.3 is 11.1 Å². The van der Waals surface area contributed by atoms with E-state index in [1.165, 1.54) is 16.2 Å². The first-order chi connectivity index (χ1) is 9.74. The number of carbonyl (C=O) groups excluding carboxylic acids is 1. The van der Waals surface area contributed by atoms with Crippen LogP contribution in [0.2, 0.25) is 0 Å². The number of thiophene rings is 1. The van der Waals surface area contributed by atoms with Crippen molar-refractivity contribution < 1.29 is 4.79 Å². The number of nitrogens with two attached hydrogens (primary N) is 1. The van der Waals surface area contributed by atoms with Crippen LogP contribution in [-0.2, 0) is 6.42 Å². The predicted octanol–water partition coefficient (Wildman–Crippen LogP) is 2.98. The fourth-order valence-corrected chi connectivity index (χ4v) is 3.56. The molecule has 0 fully saturated rings. The van der Waals surface area contributed by atoms with E-state index < -0.39 is 0 Å². The largest absolute Gasteiger partial charge is 0.343 e. The second-order valence-corrected chi connectivity index (χ2v) is 6.42. The summed E-state index contributed by atoms with van der Waals surface area (Å²) in [4.78, 5) is 17.8. The monoisotopic (exact) mass is 309 g/mol. The molecule has 2 aromatic heterocycles. The Morgan fingerprint density at radius 3 is 3.00 bits per heavy atom. The second-order valence-electron chi connectivity index (χ2n) is 4.50. The van der Waals surface area contributed by atoms with Gasteiger partial charge >= 0.3 is 0 Å². The Morgan fingerprint density at radius 1 is 1.50 bits per heavy atom. The van der Waals surface area contributed by atoms with Crippen LogP contribution in [0.1, 0.15) is 46.2 Å². The van der Waals surface area contributed by atoms with Crippen molar-refractivity contribution in [3.05, 3.63) is 38.5 Å². The third-order valence-electron chi connectivity index (χ3n) is 2.91. The van der Waals surface area contributed by atoms with Crippen LogP contribution in [0.5, 0.6) is 0 Å². The zero-order chi connectivity index (χ0) is 14.4. The van der Waals surface area contributed by atoms with Crippen molar-refractivity contribution in [2.45, 2.75) is 32.2 Å². The van der Waals surface area contributed by atoms with Crippen molar-refractivity contribution in [2.75, 3.05) is 6.54 Å². The standard InChI is InChI=1S/C14H19N3OS2/c1-2-4-10(12-5-3-8-19-12)17-14(18)11-9-20-13(16-11)6-7-15/h3,5,8-10H,2,4,6-7,15H2,1H3,(H,17,18). The SMILES string of the molecule is CCCC(NC(=O)c1csc(CCN)n1)c1cccs1. The zero-order valence-electron chi connectivity index (χ0n) is 11.5. The number of hydrogen-bond donors (Lipinski definition) is 2. The summed E-state index contributed by atoms with van der Waals surface area (Å²) in [7, 11) is 0. The summed E-state index contributed by atoms with van der Waals surface area (Å²) < 4.78 is 0. The van der Waals surface area contributed by atoms with Gasteiger partial charge in [0, 0.05) is 16.7 Å². The molecule has 2 aromatic rings. The van der Waals surface area contributed by atoms with Crippen molar-refractivity contribution in [1.82, 2.24) is 10.3 Å². The summed E-state index contributed by atoms with van der Waals surface area (Å²) in [6.45, 7) is 2.68. The highest BCUT2D eigenvalue weighted by Gasteiger charge is 2.17. The normalized spacial score (nSPS) is 12.3. The number of aromatic nitrogens is 1. The van der Waals surface area contributed by atoms with Gasteiger partial charge in [0.15, 0.2) is 0 Å². The summed E-state index contributed by atoms with van der Waals surface area (Å²) in [5, 5.41) is 7.83. The Hall–Kier alpha value is -1.24. The van der Waals surface area contributed by atoms with E-state index in [0.29, 0.717) is 12.2 Å². The third kappa shape index (κ3) is 3.88. The number of hydrogen-bond acceptors (Lipinski definition) is 5. The Labute approximate surface area is 127 Å². The summed E-state index contributed by atoms with van der Waals surface area (Å²) in [5.74, 6) is -0.101. The van der Waals surface area contributed by atoms with E-state index in [1.807, 2.05) is 11.4 Å². The minimum Gasteiger partial charge on any atom is -0.343 e. The van der Waals surface area contributed by atoms with Crippen molar-refractivity contribution in [3.63, 3.8) is 0 Å². The molecule has 3 N–H and O–H groups in total. The molecule has 2 rings (SSSR count). The van der Waals surface area contributed by atoms with Crippen LogP contribution in [-0.4, -0.2) is 17.4 Å². The fraction of sp³-hybridized carbons (Fsp3) is 0.429. The Balaban J connectivity index is 2.03. The molecule has 4 nitrogen and oxygen atoms in total. The number of thiazole rings is 1. The predicted molar refractivity (Wildman–Crippen MR) is 84.3 cm³/mol. The molecule has 108 valence electrons. The molecule has 0 saturated heterocycles. The van der Waals surface area contributed by atoms with Crippen LogP contribution < -0.4 is 11.1 Å². The average molecular weight is 309 g/mol. The lowest BCUT2D eigenvalue weighted by atomic mass is 10.1. The van der Waals surface area contributed by atoms with Gasteiger partial charge in [-0.1, -0.05) is 19.4 Å². The Morgan fingerprint density at radius 2 is 2.35 bits per heavy atom. The number of carbonyl (C=O) groups is 1. The number of amides is 1. The summed E-state index contributed by atoms with van der Waals surface area (Å²) >= 11 is 3.16. The van der Waals surface area contributed by atoms with E-state index >= 15 is 0 Å². The van der Waals surface area contributed by atoms with Crippen LogP contribution in [0.25, 0.3) is 0 Å². The van der Waals surface area contributed by atoms with Crippen LogP contribution in [0.4, 0.5) is 0 Å². The molecular formula is C14H19N3OS2. The number of rotatable bonds is 7. The first-order valence-corrected chi connectivity index (χ1v) is 8.49. The van der Waals surface area contributed by atoms with Gasteiger partial charge in [-0.05, 0) is 24.4 Å². The molecule has 0 saturated carbocycles. The molecule has 0 bridgehead atoms. The van der Waals surface area contributed by atoms with Crippen molar-refractivity contribution >= 4 is 28.6 Å². The van der Waals surface area contributed by atoms with Crippen molar-refractivity contribution in [1.29, 1.82) is 0 Å². The van der Waals surface area contributed by atoms with E-state index in [9.17, 15) is 4.79 Å². The third-order valence-corrected chi connectivity index (χ3v) is 4.81. The molecule has 0 spiro atoms. The van der Waals surface area contributed by atoms with E-state index in [2.05, 4.69) is 23.3 Å². The first kappa shape index (κ1) is 15.2. The van der Waals surface area contributed by atoms with Crippen molar-refractivity contribution in [2.24, 2.45) is 5.73 Å². The summed E-state index contributed by atoms with van der Waals surface area (Å²) in [6, 6.07) is 4.15. The van der Waals surface area contributed by atoms with Gasteiger partial charge in [-0.3, -0.25) is 4.79 Å². The molecule has 0 aliphatic rings. The fourth-order valence-electron chi connectivity index (χ4n) is 1.95. The van der Waals surface area contributed by atoms with E-state index in [4.69, 9.17) is 5.73 Å². The molecule has 6 heteroatoms. The second kappa shape index (κ2) is 7.52. The summed E-state index contributed by atoms with van der Waals surface area (Å²) in [6.07, 6.45) is 2.69. The van der Waals surface area contributed by atoms with Gasteiger partial charge in [0.2, 0.25) is 0 Å². The van der Waals surface area contributed by atoms with Crippen molar-refractivity contribution in [3.8, 4) is 0 Å². The maximum atomic E-state index is 12.2. The minimum atomic E-state index is -0.101. The highest BCUT2D eigenvalue weighted by Crippen LogP contribution is 2.23. The van der Waals surface area contributed by atoms with E-state index in [-0.39, 0.29) is 11.9 Å². The smallest absolute Gasteiger partial charge is 0.271 e. The van der Waals surface area contributed by atoms with Gasteiger partial charge in [0.05, 0.1) is 11.0 Å². The Bertz CT molecular complexity index is 536. The van der Waals surface area contributed by atoms with Gasteiger partial charge in [0.25, 0.3) is 5.91 Å². The number of nitrogens with one attached hydrogen (secondary N) is 1. The molecule has 20 heavy (non-hydrogen) atoms. The molecule has 1 unspecified atom stereocenters. The molecule has 1 amide bonds. The van der Waals surface area contributed by atoms with Gasteiger partial charge in [-0.15, -0.1) is 22.7 Å². The average Bonchev–Trinajstić information content (AvgIpc) is 3.09. The highest BCUT2D eigenvalue weighted by atomic mass is 32.1. The first-order valence-electron chi connectivity index (χ1n) is 6.73. The maximum Gasteiger partial charge on any atom is 0.271 e. The Kier molecular flexibility index (Phi) is 5.70. The van der Waals surface area contributed by atoms with E-state index in [1.54, 1.807) is 16.7 Å². The highest BCUT2D eigenvalue weighted by molar-refractivity contribution is 7.10. The molecule has 1 atom stereocenters. The molecule has 0 aliphatic carbocycles. The lowest BCUT2D eigenvalue weighted by molar-refractivity contribution is 0.0930. The van der Waals surface area contributed by atoms with Gasteiger partial charge in [-0.25, -0.2) is 4.98 Å². The molecule has 2 heterocycles. The molecule has 0 aromatic carbocycles. The van der Waals surface area contributed by atoms with Crippen LogP contribution in [0.3, 0.4) is 0 Å². The quantitative estimate of drug-likeness (QED) is 0.826. The lowest BCUT2D eigenvalue weighted by Gasteiger charge is -2.15. The van der Waals surface area contributed by atoms with E-state index in [0.717, 1.165) is 24.3 Å². The summed E-state index contributed by atoms with van der Waals surface area (Å²) in [5.41, 5.74) is 5.99. The zero-order valence-corrected chi connectivity index (χ0v) is 13.1. The molecule has 0 aliphatic heterocycles. The van der Waals surface area contributed by atoms with Gasteiger partial charge in [0.1, 0.15) is 5.69 Å². The van der Waals surface area contributed by atoms with Crippen LogP contribution in [0.15, 0.2) is 22.9 Å².